The van der Waals surface area contributed by atoms with Crippen molar-refractivity contribution < 1.29 is 23.2 Å². The number of hydrogen-bond acceptors (Lipinski definition) is 3. The third-order valence-corrected chi connectivity index (χ3v) is 2.82. The number of halogens is 2. The van der Waals surface area contributed by atoms with Crippen LogP contribution >= 0.6 is 0 Å². The van der Waals surface area contributed by atoms with Gasteiger partial charge in [0.1, 0.15) is 17.6 Å². The number of nitrogens with zero attached hydrogens (tertiary/aromatic N) is 1. The molecule has 2 N–H and O–H groups in total. The minimum Gasteiger partial charge on any atom is -0.324 e. The Balaban J connectivity index is 2.03. The highest BCUT2D eigenvalue weighted by molar-refractivity contribution is 6.08. The van der Waals surface area contributed by atoms with Crippen LogP contribution in [0.15, 0.2) is 18.2 Å². The molecule has 0 aliphatic carbocycles. The lowest BCUT2D eigenvalue weighted by atomic mass is 10.0. The molecule has 2 rings (SSSR count). The minimum absolute atomic E-state index is 0.212. The molecular formula is C12H11F2N3O3. The quantitative estimate of drug-likeness (QED) is 0.789. The van der Waals surface area contributed by atoms with Crippen molar-refractivity contribution in [3.63, 3.8) is 0 Å². The summed E-state index contributed by atoms with van der Waals surface area (Å²) >= 11 is 0. The summed E-state index contributed by atoms with van der Waals surface area (Å²) in [4.78, 5) is 34.7. The molecule has 0 radical (unpaired) electrons. The van der Waals surface area contributed by atoms with E-state index in [1.165, 1.54) is 7.05 Å². The number of anilines is 1. The monoisotopic (exact) mass is 283 g/mol. The molecular weight excluding hydrogens is 272 g/mol. The largest absolute Gasteiger partial charge is 0.324 e. The average Bonchev–Trinajstić information content (AvgIpc) is 2.60. The van der Waals surface area contributed by atoms with E-state index in [1.54, 1.807) is 0 Å². The van der Waals surface area contributed by atoms with E-state index in [0.717, 1.165) is 17.1 Å². The van der Waals surface area contributed by atoms with E-state index in [-0.39, 0.29) is 5.69 Å². The summed E-state index contributed by atoms with van der Waals surface area (Å²) in [5.41, 5.74) is 2.03. The van der Waals surface area contributed by atoms with Crippen molar-refractivity contribution in [1.29, 1.82) is 0 Å². The highest BCUT2D eigenvalue weighted by Crippen LogP contribution is 2.18. The predicted molar refractivity (Wildman–Crippen MR) is 64.0 cm³/mol. The first kappa shape index (κ1) is 13.9. The maximum absolute atomic E-state index is 13.3. The predicted octanol–water partition coefficient (Wildman–Crippen LogP) is 0.413. The third-order valence-electron chi connectivity index (χ3n) is 2.82. The van der Waals surface area contributed by atoms with Gasteiger partial charge in [-0.15, -0.1) is 0 Å². The molecule has 1 atom stereocenters. The highest BCUT2D eigenvalue weighted by atomic mass is 19.1. The first-order valence-electron chi connectivity index (χ1n) is 5.71. The molecule has 0 spiro atoms. The van der Waals surface area contributed by atoms with Crippen LogP contribution < -0.4 is 10.7 Å². The molecule has 1 heterocycles. The fourth-order valence-corrected chi connectivity index (χ4v) is 1.80. The Morgan fingerprint density at radius 2 is 2.10 bits per heavy atom. The smallest absolute Gasteiger partial charge is 0.253 e. The maximum Gasteiger partial charge on any atom is 0.253 e. The molecule has 0 aromatic heterocycles. The molecule has 1 unspecified atom stereocenters. The zero-order valence-electron chi connectivity index (χ0n) is 10.4. The number of amides is 3. The molecule has 1 aliphatic heterocycles. The van der Waals surface area contributed by atoms with Gasteiger partial charge >= 0.3 is 0 Å². The summed E-state index contributed by atoms with van der Waals surface area (Å²) < 4.78 is 26.0. The van der Waals surface area contributed by atoms with Crippen LogP contribution in [0.1, 0.15) is 6.42 Å². The number of rotatable bonds is 3. The first-order valence-corrected chi connectivity index (χ1v) is 5.71. The molecule has 1 aliphatic rings. The van der Waals surface area contributed by atoms with Crippen LogP contribution in [0.25, 0.3) is 0 Å². The van der Waals surface area contributed by atoms with Crippen molar-refractivity contribution in [1.82, 2.24) is 10.4 Å². The summed E-state index contributed by atoms with van der Waals surface area (Å²) in [6, 6.07) is 2.67. The van der Waals surface area contributed by atoms with Crippen LogP contribution in [-0.2, 0) is 14.4 Å². The number of nitrogens with one attached hydrogen (secondary N) is 2. The number of carbonyl (C=O) groups is 3. The van der Waals surface area contributed by atoms with Gasteiger partial charge in [-0.2, -0.15) is 0 Å². The second-order valence-corrected chi connectivity index (χ2v) is 4.30. The summed E-state index contributed by atoms with van der Waals surface area (Å²) in [6.07, 6.45) is -0.411. The molecule has 6 nitrogen and oxygen atoms in total. The van der Waals surface area contributed by atoms with E-state index in [1.807, 2.05) is 0 Å². The lowest BCUT2D eigenvalue weighted by Gasteiger charge is -2.08. The Morgan fingerprint density at radius 1 is 1.40 bits per heavy atom. The van der Waals surface area contributed by atoms with Gasteiger partial charge in [-0.1, -0.05) is 0 Å². The van der Waals surface area contributed by atoms with Gasteiger partial charge in [0.2, 0.25) is 5.91 Å². The topological polar surface area (TPSA) is 78.5 Å². The van der Waals surface area contributed by atoms with Crippen molar-refractivity contribution in [2.75, 3.05) is 12.4 Å². The molecule has 1 aromatic carbocycles. The summed E-state index contributed by atoms with van der Waals surface area (Å²) in [6.45, 7) is 0. The second kappa shape index (κ2) is 5.24. The third kappa shape index (κ3) is 2.73. The van der Waals surface area contributed by atoms with E-state index < -0.39 is 41.7 Å². The SMILES string of the molecule is CN1NC(=O)C(CC(=O)Nc2ccc(F)cc2F)C1=O. The Labute approximate surface area is 112 Å². The number of hydrogen-bond donors (Lipinski definition) is 2. The van der Waals surface area contributed by atoms with Crippen LogP contribution in [0, 0.1) is 17.6 Å². The highest BCUT2D eigenvalue weighted by Gasteiger charge is 2.38. The van der Waals surface area contributed by atoms with Crippen molar-refractivity contribution in [3.8, 4) is 0 Å². The zero-order valence-corrected chi connectivity index (χ0v) is 10.4. The molecule has 106 valence electrons. The number of carbonyl (C=O) groups excluding carboxylic acids is 3. The standard InChI is InChI=1S/C12H11F2N3O3/c1-17-12(20)7(11(19)16-17)5-10(18)15-9-3-2-6(13)4-8(9)14/h2-4,7H,5H2,1H3,(H,15,18)(H,16,19). The Bertz CT molecular complexity index is 591. The first-order chi connectivity index (χ1) is 9.38. The van der Waals surface area contributed by atoms with Gasteiger partial charge in [0, 0.05) is 19.5 Å². The van der Waals surface area contributed by atoms with Crippen LogP contribution in [0.4, 0.5) is 14.5 Å². The Kier molecular flexibility index (Phi) is 3.64. The van der Waals surface area contributed by atoms with Gasteiger partial charge in [-0.05, 0) is 12.1 Å². The van der Waals surface area contributed by atoms with Crippen molar-refractivity contribution in [3.05, 3.63) is 29.8 Å². The van der Waals surface area contributed by atoms with Crippen LogP contribution in [0.3, 0.4) is 0 Å². The number of benzene rings is 1. The molecule has 0 bridgehead atoms. The van der Waals surface area contributed by atoms with Crippen molar-refractivity contribution in [2.24, 2.45) is 5.92 Å². The second-order valence-electron chi connectivity index (χ2n) is 4.30. The lowest BCUT2D eigenvalue weighted by Crippen LogP contribution is -2.31. The van der Waals surface area contributed by atoms with Gasteiger partial charge in [-0.25, -0.2) is 8.78 Å². The van der Waals surface area contributed by atoms with Crippen molar-refractivity contribution >= 4 is 23.4 Å². The molecule has 20 heavy (non-hydrogen) atoms. The molecule has 8 heteroatoms. The van der Waals surface area contributed by atoms with Gasteiger partial charge in [-0.3, -0.25) is 24.8 Å². The van der Waals surface area contributed by atoms with E-state index in [2.05, 4.69) is 10.7 Å². The van der Waals surface area contributed by atoms with E-state index in [4.69, 9.17) is 0 Å². The maximum atomic E-state index is 13.3. The summed E-state index contributed by atoms with van der Waals surface area (Å²) in [5, 5.41) is 3.17. The van der Waals surface area contributed by atoms with Gasteiger partial charge < -0.3 is 5.32 Å². The van der Waals surface area contributed by atoms with Crippen LogP contribution in [-0.4, -0.2) is 29.8 Å². The summed E-state index contributed by atoms with van der Waals surface area (Å²) in [7, 11) is 1.36. The van der Waals surface area contributed by atoms with Gasteiger partial charge in [0.05, 0.1) is 5.69 Å². The fourth-order valence-electron chi connectivity index (χ4n) is 1.80. The van der Waals surface area contributed by atoms with Crippen molar-refractivity contribution in [2.45, 2.75) is 6.42 Å². The molecule has 1 saturated heterocycles. The fraction of sp³-hybridized carbons (Fsp3) is 0.250. The van der Waals surface area contributed by atoms with Gasteiger partial charge in [0.25, 0.3) is 11.8 Å². The lowest BCUT2D eigenvalue weighted by molar-refractivity contribution is -0.134. The molecule has 1 fully saturated rings. The summed E-state index contributed by atoms with van der Waals surface area (Å²) in [5.74, 6) is -4.68. The molecule has 3 amide bonds. The Morgan fingerprint density at radius 3 is 2.65 bits per heavy atom. The van der Waals surface area contributed by atoms with E-state index >= 15 is 0 Å². The van der Waals surface area contributed by atoms with E-state index in [0.29, 0.717) is 6.07 Å². The van der Waals surface area contributed by atoms with Crippen LogP contribution in [0.5, 0.6) is 0 Å². The Hall–Kier alpha value is -2.51. The molecule has 0 saturated carbocycles. The minimum atomic E-state index is -1.14. The van der Waals surface area contributed by atoms with E-state index in [9.17, 15) is 23.2 Å². The normalized spacial score (nSPS) is 18.1. The zero-order chi connectivity index (χ0) is 14.9. The number of hydrazine groups is 1. The van der Waals surface area contributed by atoms with Gasteiger partial charge in [0.15, 0.2) is 0 Å². The molecule has 1 aromatic rings. The van der Waals surface area contributed by atoms with Crippen LogP contribution in [0.2, 0.25) is 0 Å². The average molecular weight is 283 g/mol.